The van der Waals surface area contributed by atoms with Gasteiger partial charge in [-0.3, -0.25) is 0 Å². The molecule has 0 atom stereocenters. The van der Waals surface area contributed by atoms with Crippen LogP contribution in [-0.2, 0) is 13.0 Å². The molecule has 3 N–H and O–H groups in total. The summed E-state index contributed by atoms with van der Waals surface area (Å²) in [4.78, 5) is 4.19. The number of nitrogens with one attached hydrogen (secondary N) is 1. The second kappa shape index (κ2) is 4.91. The molecule has 0 aliphatic rings. The van der Waals surface area contributed by atoms with E-state index in [1.54, 1.807) is 6.20 Å². The molecular weight excluding hydrogens is 214 g/mol. The van der Waals surface area contributed by atoms with Crippen LogP contribution in [0.5, 0.6) is 0 Å². The maximum absolute atomic E-state index is 5.74. The first kappa shape index (κ1) is 11.5. The van der Waals surface area contributed by atoms with Crippen molar-refractivity contribution in [3.05, 3.63) is 41.6 Å². The molecular formula is C13H17N3O. The highest BCUT2D eigenvalue weighted by atomic mass is 16.4. The highest BCUT2D eigenvalue weighted by Crippen LogP contribution is 2.18. The Morgan fingerprint density at radius 3 is 2.94 bits per heavy atom. The summed E-state index contributed by atoms with van der Waals surface area (Å²) in [5, 5.41) is 3.27. The summed E-state index contributed by atoms with van der Waals surface area (Å²) >= 11 is 0. The van der Waals surface area contributed by atoms with Crippen molar-refractivity contribution in [1.82, 2.24) is 4.98 Å². The maximum Gasteiger partial charge on any atom is 0.213 e. The molecule has 0 spiro atoms. The molecule has 0 saturated carbocycles. The fourth-order valence-corrected chi connectivity index (χ4v) is 1.59. The first-order chi connectivity index (χ1) is 8.19. The van der Waals surface area contributed by atoms with Gasteiger partial charge in [0.25, 0.3) is 0 Å². The van der Waals surface area contributed by atoms with E-state index in [-0.39, 0.29) is 0 Å². The van der Waals surface area contributed by atoms with Gasteiger partial charge in [-0.2, -0.15) is 0 Å². The Balaban J connectivity index is 2.04. The number of hydrogen-bond donors (Lipinski definition) is 2. The van der Waals surface area contributed by atoms with Crippen LogP contribution in [-0.4, -0.2) is 4.98 Å². The van der Waals surface area contributed by atoms with Crippen LogP contribution >= 0.6 is 0 Å². The van der Waals surface area contributed by atoms with Crippen LogP contribution in [0.15, 0.2) is 28.8 Å². The lowest BCUT2D eigenvalue weighted by Crippen LogP contribution is -2.02. The minimum atomic E-state index is 0.574. The van der Waals surface area contributed by atoms with Crippen molar-refractivity contribution < 1.29 is 4.42 Å². The summed E-state index contributed by atoms with van der Waals surface area (Å²) in [6.07, 6.45) is 2.63. The lowest BCUT2D eigenvalue weighted by molar-refractivity contribution is 0.466. The second-order valence-corrected chi connectivity index (χ2v) is 4.00. The Morgan fingerprint density at radius 1 is 1.41 bits per heavy atom. The van der Waals surface area contributed by atoms with E-state index in [0.29, 0.717) is 12.4 Å². The zero-order valence-electron chi connectivity index (χ0n) is 10.2. The standard InChI is InChI=1S/C13H17N3O/c1-3-11-7-16-13(17-11)8-15-12-6-10(14)5-4-9(12)2/h4-7,15H,3,8,14H2,1-2H3. The van der Waals surface area contributed by atoms with E-state index >= 15 is 0 Å². The molecule has 1 aromatic carbocycles. The molecule has 0 fully saturated rings. The van der Waals surface area contributed by atoms with Gasteiger partial charge in [0.1, 0.15) is 5.76 Å². The Labute approximate surface area is 101 Å². The highest BCUT2D eigenvalue weighted by Gasteiger charge is 2.03. The van der Waals surface area contributed by atoms with E-state index in [1.807, 2.05) is 32.0 Å². The Hall–Kier alpha value is -1.97. The number of oxazole rings is 1. The number of rotatable bonds is 4. The number of benzene rings is 1. The van der Waals surface area contributed by atoms with Crippen molar-refractivity contribution in [1.29, 1.82) is 0 Å². The minimum Gasteiger partial charge on any atom is -0.444 e. The van der Waals surface area contributed by atoms with Crippen LogP contribution in [0.3, 0.4) is 0 Å². The van der Waals surface area contributed by atoms with Crippen LogP contribution in [0.4, 0.5) is 11.4 Å². The van der Waals surface area contributed by atoms with Crippen molar-refractivity contribution in [3.63, 3.8) is 0 Å². The van der Waals surface area contributed by atoms with Crippen LogP contribution in [0.1, 0.15) is 24.1 Å². The summed E-state index contributed by atoms with van der Waals surface area (Å²) in [6, 6.07) is 5.80. The Bertz CT molecular complexity index is 505. The largest absolute Gasteiger partial charge is 0.444 e. The predicted molar refractivity (Wildman–Crippen MR) is 68.8 cm³/mol. The number of anilines is 2. The van der Waals surface area contributed by atoms with Crippen LogP contribution in [0.2, 0.25) is 0 Å². The monoisotopic (exact) mass is 231 g/mol. The first-order valence-corrected chi connectivity index (χ1v) is 5.72. The van der Waals surface area contributed by atoms with Crippen molar-refractivity contribution in [2.45, 2.75) is 26.8 Å². The van der Waals surface area contributed by atoms with Gasteiger partial charge in [-0.15, -0.1) is 0 Å². The van der Waals surface area contributed by atoms with Crippen molar-refractivity contribution >= 4 is 11.4 Å². The molecule has 2 aromatic rings. The number of hydrogen-bond acceptors (Lipinski definition) is 4. The van der Waals surface area contributed by atoms with Gasteiger partial charge in [-0.1, -0.05) is 13.0 Å². The third-order valence-electron chi connectivity index (χ3n) is 2.64. The fourth-order valence-electron chi connectivity index (χ4n) is 1.59. The smallest absolute Gasteiger partial charge is 0.213 e. The van der Waals surface area contributed by atoms with E-state index in [1.165, 1.54) is 0 Å². The summed E-state index contributed by atoms with van der Waals surface area (Å²) in [5.41, 5.74) is 8.66. The average molecular weight is 231 g/mol. The minimum absolute atomic E-state index is 0.574. The van der Waals surface area contributed by atoms with E-state index in [9.17, 15) is 0 Å². The van der Waals surface area contributed by atoms with Crippen LogP contribution in [0.25, 0.3) is 0 Å². The zero-order chi connectivity index (χ0) is 12.3. The van der Waals surface area contributed by atoms with Gasteiger partial charge in [-0.25, -0.2) is 4.98 Å². The molecule has 0 unspecified atom stereocenters. The third kappa shape index (κ3) is 2.78. The van der Waals surface area contributed by atoms with Crippen molar-refractivity contribution in [3.8, 4) is 0 Å². The first-order valence-electron chi connectivity index (χ1n) is 5.72. The quantitative estimate of drug-likeness (QED) is 0.794. The molecule has 1 aromatic heterocycles. The summed E-state index contributed by atoms with van der Waals surface area (Å²) in [6.45, 7) is 4.65. The summed E-state index contributed by atoms with van der Waals surface area (Å²) < 4.78 is 5.52. The molecule has 0 aliphatic carbocycles. The molecule has 0 amide bonds. The molecule has 0 saturated heterocycles. The molecule has 0 bridgehead atoms. The maximum atomic E-state index is 5.74. The normalized spacial score (nSPS) is 10.5. The molecule has 1 heterocycles. The van der Waals surface area contributed by atoms with Crippen LogP contribution < -0.4 is 11.1 Å². The number of aromatic nitrogens is 1. The summed E-state index contributed by atoms with van der Waals surface area (Å²) in [7, 11) is 0. The third-order valence-corrected chi connectivity index (χ3v) is 2.64. The molecule has 4 heteroatoms. The van der Waals surface area contributed by atoms with Crippen LogP contribution in [0, 0.1) is 6.92 Å². The fraction of sp³-hybridized carbons (Fsp3) is 0.308. The van der Waals surface area contributed by atoms with Gasteiger partial charge in [0.2, 0.25) is 5.89 Å². The number of nitrogens with zero attached hydrogens (tertiary/aromatic N) is 1. The molecule has 2 rings (SSSR count). The van der Waals surface area contributed by atoms with E-state index < -0.39 is 0 Å². The topological polar surface area (TPSA) is 64.1 Å². The average Bonchev–Trinajstić information content (AvgIpc) is 2.78. The van der Waals surface area contributed by atoms with Gasteiger partial charge in [0, 0.05) is 17.8 Å². The van der Waals surface area contributed by atoms with E-state index in [2.05, 4.69) is 10.3 Å². The SMILES string of the molecule is CCc1cnc(CNc2cc(N)ccc2C)o1. The number of nitrogens with two attached hydrogens (primary N) is 1. The van der Waals surface area contributed by atoms with E-state index in [4.69, 9.17) is 10.2 Å². The Kier molecular flexibility index (Phi) is 3.32. The van der Waals surface area contributed by atoms with Gasteiger partial charge in [0.15, 0.2) is 0 Å². The van der Waals surface area contributed by atoms with Gasteiger partial charge < -0.3 is 15.5 Å². The number of aryl methyl sites for hydroxylation is 2. The molecule has 90 valence electrons. The summed E-state index contributed by atoms with van der Waals surface area (Å²) in [5.74, 6) is 1.61. The highest BCUT2D eigenvalue weighted by molar-refractivity contribution is 5.59. The van der Waals surface area contributed by atoms with Crippen molar-refractivity contribution in [2.75, 3.05) is 11.1 Å². The number of nitrogen functional groups attached to an aromatic ring is 1. The molecule has 17 heavy (non-hydrogen) atoms. The second-order valence-electron chi connectivity index (χ2n) is 4.00. The molecule has 0 aliphatic heterocycles. The van der Waals surface area contributed by atoms with E-state index in [0.717, 1.165) is 29.1 Å². The van der Waals surface area contributed by atoms with Gasteiger partial charge in [0.05, 0.1) is 12.7 Å². The zero-order valence-corrected chi connectivity index (χ0v) is 10.2. The lowest BCUT2D eigenvalue weighted by Gasteiger charge is -2.08. The lowest BCUT2D eigenvalue weighted by atomic mass is 10.2. The van der Waals surface area contributed by atoms with Gasteiger partial charge in [-0.05, 0) is 24.6 Å². The molecule has 4 nitrogen and oxygen atoms in total. The van der Waals surface area contributed by atoms with Gasteiger partial charge >= 0.3 is 0 Å². The predicted octanol–water partition coefficient (Wildman–Crippen LogP) is 2.74. The van der Waals surface area contributed by atoms with Crippen molar-refractivity contribution in [2.24, 2.45) is 0 Å². The Morgan fingerprint density at radius 2 is 2.24 bits per heavy atom. The molecule has 0 radical (unpaired) electrons.